The molecular formula is C12H15BrO3. The summed E-state index contributed by atoms with van der Waals surface area (Å²) in [6.45, 7) is 6.41. The van der Waals surface area contributed by atoms with Gasteiger partial charge in [0.05, 0.1) is 13.2 Å². The van der Waals surface area contributed by atoms with Gasteiger partial charge in [0.1, 0.15) is 6.61 Å². The van der Waals surface area contributed by atoms with Crippen molar-refractivity contribution < 1.29 is 14.6 Å². The average molecular weight is 287 g/mol. The number of benzene rings is 1. The molecular weight excluding hydrogens is 272 g/mol. The molecule has 0 aliphatic heterocycles. The van der Waals surface area contributed by atoms with Gasteiger partial charge in [-0.3, -0.25) is 0 Å². The first-order valence-corrected chi connectivity index (χ1v) is 5.80. The molecule has 16 heavy (non-hydrogen) atoms. The highest BCUT2D eigenvalue weighted by Crippen LogP contribution is 2.31. The van der Waals surface area contributed by atoms with Crippen LogP contribution in [-0.2, 0) is 6.61 Å². The van der Waals surface area contributed by atoms with Gasteiger partial charge in [0.25, 0.3) is 0 Å². The fourth-order valence-electron chi connectivity index (χ4n) is 1.27. The maximum absolute atomic E-state index is 9.21. The normalized spacial score (nSPS) is 9.94. The molecule has 0 atom stereocenters. The monoisotopic (exact) mass is 286 g/mol. The van der Waals surface area contributed by atoms with Crippen LogP contribution in [0.15, 0.2) is 29.3 Å². The van der Waals surface area contributed by atoms with E-state index in [0.29, 0.717) is 30.3 Å². The van der Waals surface area contributed by atoms with Crippen LogP contribution in [0.2, 0.25) is 0 Å². The van der Waals surface area contributed by atoms with Gasteiger partial charge in [-0.05, 0) is 13.0 Å². The lowest BCUT2D eigenvalue weighted by atomic mass is 10.2. The first kappa shape index (κ1) is 13.1. The molecule has 0 amide bonds. The molecule has 0 spiro atoms. The van der Waals surface area contributed by atoms with Crippen LogP contribution >= 0.6 is 15.9 Å². The van der Waals surface area contributed by atoms with Gasteiger partial charge in [0, 0.05) is 10.0 Å². The molecule has 1 N–H and O–H groups in total. The van der Waals surface area contributed by atoms with Gasteiger partial charge in [-0.1, -0.05) is 34.6 Å². The molecule has 1 rings (SSSR count). The van der Waals surface area contributed by atoms with Gasteiger partial charge < -0.3 is 14.6 Å². The molecule has 1 aromatic carbocycles. The van der Waals surface area contributed by atoms with Crippen molar-refractivity contribution in [1.82, 2.24) is 0 Å². The average Bonchev–Trinajstić information content (AvgIpc) is 2.27. The molecule has 0 saturated heterocycles. The highest BCUT2D eigenvalue weighted by molar-refractivity contribution is 9.11. The Bertz CT molecular complexity index is 363. The number of halogens is 1. The molecule has 0 radical (unpaired) electrons. The van der Waals surface area contributed by atoms with Crippen LogP contribution in [0.25, 0.3) is 0 Å². The summed E-state index contributed by atoms with van der Waals surface area (Å²) in [6.07, 6.45) is 0. The van der Waals surface area contributed by atoms with Crippen molar-refractivity contribution in [2.75, 3.05) is 13.2 Å². The van der Waals surface area contributed by atoms with Gasteiger partial charge in [0.2, 0.25) is 0 Å². The Morgan fingerprint density at radius 1 is 1.44 bits per heavy atom. The molecule has 88 valence electrons. The van der Waals surface area contributed by atoms with Crippen LogP contribution in [0.3, 0.4) is 0 Å². The molecule has 3 nitrogen and oxygen atoms in total. The van der Waals surface area contributed by atoms with Crippen LogP contribution in [0.5, 0.6) is 11.5 Å². The summed E-state index contributed by atoms with van der Waals surface area (Å²) in [4.78, 5) is 0. The summed E-state index contributed by atoms with van der Waals surface area (Å²) >= 11 is 3.22. The Labute approximate surface area is 104 Å². The summed E-state index contributed by atoms with van der Waals surface area (Å²) in [5, 5.41) is 9.21. The SMILES string of the molecule is C=C(Br)COc1c(CO)cccc1OCC. The molecule has 0 heterocycles. The third-order valence-corrected chi connectivity index (χ3v) is 2.13. The van der Waals surface area contributed by atoms with Crippen molar-refractivity contribution in [3.63, 3.8) is 0 Å². The van der Waals surface area contributed by atoms with E-state index in [0.717, 1.165) is 4.48 Å². The van der Waals surface area contributed by atoms with E-state index in [-0.39, 0.29) is 6.61 Å². The number of rotatable bonds is 6. The van der Waals surface area contributed by atoms with E-state index in [1.165, 1.54) is 0 Å². The standard InChI is InChI=1S/C12H15BrO3/c1-3-15-11-6-4-5-10(7-14)12(11)16-8-9(2)13/h4-6,14H,2-3,7-8H2,1H3. The first-order valence-electron chi connectivity index (χ1n) is 5.00. The first-order chi connectivity index (χ1) is 7.69. The number of hydrogen-bond donors (Lipinski definition) is 1. The Kier molecular flexibility index (Phi) is 5.35. The van der Waals surface area contributed by atoms with E-state index in [9.17, 15) is 5.11 Å². The highest BCUT2D eigenvalue weighted by atomic mass is 79.9. The summed E-state index contributed by atoms with van der Waals surface area (Å²) in [5.74, 6) is 1.22. The zero-order valence-corrected chi connectivity index (χ0v) is 10.8. The van der Waals surface area contributed by atoms with Crippen LogP contribution in [0.1, 0.15) is 12.5 Å². The van der Waals surface area contributed by atoms with E-state index < -0.39 is 0 Å². The molecule has 0 aliphatic carbocycles. The number of para-hydroxylation sites is 1. The van der Waals surface area contributed by atoms with Crippen molar-refractivity contribution in [2.45, 2.75) is 13.5 Å². The van der Waals surface area contributed by atoms with Crippen molar-refractivity contribution in [1.29, 1.82) is 0 Å². The lowest BCUT2D eigenvalue weighted by Crippen LogP contribution is -2.03. The van der Waals surface area contributed by atoms with E-state index in [4.69, 9.17) is 9.47 Å². The van der Waals surface area contributed by atoms with Crippen molar-refractivity contribution in [2.24, 2.45) is 0 Å². The molecule has 0 unspecified atom stereocenters. The van der Waals surface area contributed by atoms with Gasteiger partial charge >= 0.3 is 0 Å². The van der Waals surface area contributed by atoms with Crippen LogP contribution in [0, 0.1) is 0 Å². The van der Waals surface area contributed by atoms with E-state index in [1.54, 1.807) is 6.07 Å². The van der Waals surface area contributed by atoms with Crippen molar-refractivity contribution >= 4 is 15.9 Å². The maximum Gasteiger partial charge on any atom is 0.167 e. The third kappa shape index (κ3) is 3.54. The predicted molar refractivity (Wildman–Crippen MR) is 67.1 cm³/mol. The zero-order valence-electron chi connectivity index (χ0n) is 9.20. The van der Waals surface area contributed by atoms with Crippen LogP contribution in [0.4, 0.5) is 0 Å². The smallest absolute Gasteiger partial charge is 0.167 e. The third-order valence-electron chi connectivity index (χ3n) is 1.90. The predicted octanol–water partition coefficient (Wildman–Crippen LogP) is 2.87. The summed E-state index contributed by atoms with van der Waals surface area (Å²) in [6, 6.07) is 5.44. The molecule has 0 aliphatic rings. The van der Waals surface area contributed by atoms with E-state index in [2.05, 4.69) is 22.5 Å². The van der Waals surface area contributed by atoms with Gasteiger partial charge in [0.15, 0.2) is 11.5 Å². The van der Waals surface area contributed by atoms with Gasteiger partial charge in [-0.25, -0.2) is 0 Å². The molecule has 0 aromatic heterocycles. The molecule has 1 aromatic rings. The molecule has 0 saturated carbocycles. The van der Waals surface area contributed by atoms with E-state index in [1.807, 2.05) is 19.1 Å². The Hall–Kier alpha value is -1.00. The highest BCUT2D eigenvalue weighted by Gasteiger charge is 2.10. The fraction of sp³-hybridized carbons (Fsp3) is 0.333. The number of aliphatic hydroxyl groups excluding tert-OH is 1. The number of aliphatic hydroxyl groups is 1. The molecule has 0 bridgehead atoms. The molecule has 4 heteroatoms. The van der Waals surface area contributed by atoms with Crippen molar-refractivity contribution in [3.8, 4) is 11.5 Å². The summed E-state index contributed by atoms with van der Waals surface area (Å²) < 4.78 is 11.7. The fourth-order valence-corrected chi connectivity index (χ4v) is 1.38. The Morgan fingerprint density at radius 3 is 2.75 bits per heavy atom. The minimum atomic E-state index is -0.0784. The Balaban J connectivity index is 2.94. The largest absolute Gasteiger partial charge is 0.490 e. The minimum absolute atomic E-state index is 0.0784. The number of hydrogen-bond acceptors (Lipinski definition) is 3. The second kappa shape index (κ2) is 6.55. The maximum atomic E-state index is 9.21. The summed E-state index contributed by atoms with van der Waals surface area (Å²) in [7, 11) is 0. The van der Waals surface area contributed by atoms with Crippen molar-refractivity contribution in [3.05, 3.63) is 34.8 Å². The lowest BCUT2D eigenvalue weighted by molar-refractivity contribution is 0.258. The molecule has 0 fully saturated rings. The van der Waals surface area contributed by atoms with Gasteiger partial charge in [-0.15, -0.1) is 0 Å². The zero-order chi connectivity index (χ0) is 12.0. The topological polar surface area (TPSA) is 38.7 Å². The van der Waals surface area contributed by atoms with Gasteiger partial charge in [-0.2, -0.15) is 0 Å². The lowest BCUT2D eigenvalue weighted by Gasteiger charge is -2.14. The quantitative estimate of drug-likeness (QED) is 0.874. The van der Waals surface area contributed by atoms with Crippen LogP contribution in [-0.4, -0.2) is 18.3 Å². The minimum Gasteiger partial charge on any atom is -0.490 e. The Morgan fingerprint density at radius 2 is 2.19 bits per heavy atom. The van der Waals surface area contributed by atoms with E-state index >= 15 is 0 Å². The second-order valence-electron chi connectivity index (χ2n) is 3.14. The summed E-state index contributed by atoms with van der Waals surface area (Å²) in [5.41, 5.74) is 0.708. The number of ether oxygens (including phenoxy) is 2. The van der Waals surface area contributed by atoms with Crippen LogP contribution < -0.4 is 9.47 Å². The second-order valence-corrected chi connectivity index (χ2v) is 4.26.